The highest BCUT2D eigenvalue weighted by atomic mass is 16.6. The molecular formula is C10H10O6. The normalized spacial score (nSPS) is 10.2. The van der Waals surface area contributed by atoms with Crippen LogP contribution in [0.15, 0.2) is 16.5 Å². The molecule has 0 unspecified atom stereocenters. The predicted molar refractivity (Wildman–Crippen MR) is 50.9 cm³/mol. The highest BCUT2D eigenvalue weighted by molar-refractivity contribution is 5.96. The summed E-state index contributed by atoms with van der Waals surface area (Å²) < 4.78 is 9.09. The molecule has 0 aliphatic rings. The fraction of sp³-hybridized carbons (Fsp3) is 0.300. The van der Waals surface area contributed by atoms with Crippen LogP contribution in [0.3, 0.4) is 0 Å². The molecule has 0 atom stereocenters. The first kappa shape index (κ1) is 12.0. The van der Waals surface area contributed by atoms with Crippen molar-refractivity contribution in [1.82, 2.24) is 0 Å². The highest BCUT2D eigenvalue weighted by Gasteiger charge is 2.20. The Labute approximate surface area is 90.8 Å². The van der Waals surface area contributed by atoms with E-state index in [4.69, 9.17) is 5.11 Å². The van der Waals surface area contributed by atoms with Gasteiger partial charge in [-0.15, -0.1) is 0 Å². The first-order valence-corrected chi connectivity index (χ1v) is 4.51. The second-order valence-electron chi connectivity index (χ2n) is 3.33. The number of ether oxygens (including phenoxy) is 1. The zero-order chi connectivity index (χ0) is 12.3. The molecule has 6 nitrogen and oxygen atoms in total. The largest absolute Gasteiger partial charge is 0.475 e. The van der Waals surface area contributed by atoms with Gasteiger partial charge in [0.2, 0.25) is 11.5 Å². The molecular weight excluding hydrogens is 216 g/mol. The molecule has 6 heteroatoms. The monoisotopic (exact) mass is 226 g/mol. The molecule has 1 rings (SSSR count). The zero-order valence-electron chi connectivity index (χ0n) is 8.72. The zero-order valence-corrected chi connectivity index (χ0v) is 8.72. The minimum absolute atomic E-state index is 0.314. The van der Waals surface area contributed by atoms with Gasteiger partial charge in [0, 0.05) is 0 Å². The number of hydrogen-bond donors (Lipinski definition) is 1. The minimum atomic E-state index is -1.30. The lowest BCUT2D eigenvalue weighted by molar-refractivity contribution is -0.141. The quantitative estimate of drug-likeness (QED) is 0.617. The van der Waals surface area contributed by atoms with Crippen LogP contribution < -0.4 is 0 Å². The lowest BCUT2D eigenvalue weighted by Crippen LogP contribution is -2.16. The Balaban J connectivity index is 2.74. The van der Waals surface area contributed by atoms with Gasteiger partial charge in [0.15, 0.2) is 0 Å². The van der Waals surface area contributed by atoms with E-state index >= 15 is 0 Å². The van der Waals surface area contributed by atoms with Crippen LogP contribution in [-0.2, 0) is 9.53 Å². The molecule has 0 fully saturated rings. The van der Waals surface area contributed by atoms with Crippen LogP contribution >= 0.6 is 0 Å². The van der Waals surface area contributed by atoms with Crippen LogP contribution in [0, 0.1) is 5.92 Å². The number of carboxylic acid groups (broad SMARTS) is 1. The summed E-state index contributed by atoms with van der Waals surface area (Å²) in [6, 6.07) is 2.25. The van der Waals surface area contributed by atoms with Gasteiger partial charge in [-0.25, -0.2) is 9.59 Å². The van der Waals surface area contributed by atoms with Crippen LogP contribution in [0.4, 0.5) is 0 Å². The van der Waals surface area contributed by atoms with Gasteiger partial charge in [0.25, 0.3) is 0 Å². The third-order valence-corrected chi connectivity index (χ3v) is 1.68. The Morgan fingerprint density at radius 2 is 1.81 bits per heavy atom. The molecule has 1 aromatic heterocycles. The van der Waals surface area contributed by atoms with Gasteiger partial charge in [0.1, 0.15) is 0 Å². The van der Waals surface area contributed by atoms with Crippen molar-refractivity contribution in [2.24, 2.45) is 5.92 Å². The number of furan rings is 1. The van der Waals surface area contributed by atoms with E-state index in [0.29, 0.717) is 0 Å². The second kappa shape index (κ2) is 4.61. The van der Waals surface area contributed by atoms with Crippen LogP contribution in [0.25, 0.3) is 0 Å². The summed E-state index contributed by atoms with van der Waals surface area (Å²) in [5.41, 5.74) is 0. The van der Waals surface area contributed by atoms with Crippen molar-refractivity contribution in [3.05, 3.63) is 23.7 Å². The number of carbonyl (C=O) groups excluding carboxylic acids is 2. The van der Waals surface area contributed by atoms with Crippen molar-refractivity contribution < 1.29 is 28.6 Å². The van der Waals surface area contributed by atoms with E-state index in [2.05, 4.69) is 9.15 Å². The summed E-state index contributed by atoms with van der Waals surface area (Å²) in [5.74, 6) is -4.13. The summed E-state index contributed by atoms with van der Waals surface area (Å²) in [6.45, 7) is 3.14. The van der Waals surface area contributed by atoms with Gasteiger partial charge in [-0.05, 0) is 12.1 Å². The molecule has 0 aliphatic heterocycles. The van der Waals surface area contributed by atoms with Gasteiger partial charge < -0.3 is 14.3 Å². The number of aromatic carboxylic acids is 1. The number of rotatable bonds is 3. The second-order valence-corrected chi connectivity index (χ2v) is 3.33. The lowest BCUT2D eigenvalue weighted by Gasteiger charge is -2.02. The van der Waals surface area contributed by atoms with E-state index in [-0.39, 0.29) is 11.5 Å². The maximum absolute atomic E-state index is 11.3. The fourth-order valence-electron chi connectivity index (χ4n) is 0.822. The van der Waals surface area contributed by atoms with Crippen LogP contribution in [0.5, 0.6) is 0 Å². The van der Waals surface area contributed by atoms with Crippen molar-refractivity contribution in [1.29, 1.82) is 0 Å². The SMILES string of the molecule is CC(C)C(=O)OC(=O)c1ccc(C(=O)O)o1. The molecule has 1 heterocycles. The van der Waals surface area contributed by atoms with Crippen molar-refractivity contribution in [3.8, 4) is 0 Å². The number of esters is 2. The number of carbonyl (C=O) groups is 3. The summed E-state index contributed by atoms with van der Waals surface area (Å²) in [6.07, 6.45) is 0. The molecule has 86 valence electrons. The van der Waals surface area contributed by atoms with Crippen molar-refractivity contribution in [2.45, 2.75) is 13.8 Å². The molecule has 0 aliphatic carbocycles. The van der Waals surface area contributed by atoms with Gasteiger partial charge in [-0.2, -0.15) is 0 Å². The van der Waals surface area contributed by atoms with E-state index in [1.54, 1.807) is 13.8 Å². The highest BCUT2D eigenvalue weighted by Crippen LogP contribution is 2.10. The van der Waals surface area contributed by atoms with Crippen LogP contribution in [0.1, 0.15) is 35.0 Å². The summed E-state index contributed by atoms with van der Waals surface area (Å²) in [5, 5.41) is 8.54. The average molecular weight is 226 g/mol. The van der Waals surface area contributed by atoms with Crippen LogP contribution in [-0.4, -0.2) is 23.0 Å². The standard InChI is InChI=1S/C10H10O6/c1-5(2)9(13)16-10(14)7-4-3-6(15-7)8(11)12/h3-5H,1-2H3,(H,11,12). The third kappa shape index (κ3) is 2.69. The van der Waals surface area contributed by atoms with Gasteiger partial charge >= 0.3 is 17.9 Å². The fourth-order valence-corrected chi connectivity index (χ4v) is 0.822. The van der Waals surface area contributed by atoms with E-state index < -0.39 is 23.8 Å². The van der Waals surface area contributed by atoms with Crippen molar-refractivity contribution >= 4 is 17.9 Å². The van der Waals surface area contributed by atoms with E-state index in [9.17, 15) is 14.4 Å². The van der Waals surface area contributed by atoms with E-state index in [1.165, 1.54) is 0 Å². The maximum Gasteiger partial charge on any atom is 0.381 e. The molecule has 0 bridgehead atoms. The van der Waals surface area contributed by atoms with Crippen LogP contribution in [0.2, 0.25) is 0 Å². The Morgan fingerprint density at radius 1 is 1.25 bits per heavy atom. The molecule has 0 saturated heterocycles. The Morgan fingerprint density at radius 3 is 2.25 bits per heavy atom. The maximum atomic E-state index is 11.3. The Hall–Kier alpha value is -2.11. The third-order valence-electron chi connectivity index (χ3n) is 1.68. The van der Waals surface area contributed by atoms with Crippen molar-refractivity contribution in [3.63, 3.8) is 0 Å². The molecule has 0 saturated carbocycles. The average Bonchev–Trinajstić information content (AvgIpc) is 2.65. The molecule has 0 aromatic carbocycles. The number of carboxylic acids is 1. The first-order chi connectivity index (χ1) is 7.41. The summed E-state index contributed by atoms with van der Waals surface area (Å²) >= 11 is 0. The molecule has 1 N–H and O–H groups in total. The molecule has 0 spiro atoms. The van der Waals surface area contributed by atoms with Crippen molar-refractivity contribution in [2.75, 3.05) is 0 Å². The Bertz CT molecular complexity index is 428. The molecule has 1 aromatic rings. The lowest BCUT2D eigenvalue weighted by atomic mass is 10.2. The summed E-state index contributed by atoms with van der Waals surface area (Å²) in [4.78, 5) is 32.8. The minimum Gasteiger partial charge on any atom is -0.475 e. The molecule has 0 radical (unpaired) electrons. The van der Waals surface area contributed by atoms with E-state index in [1.807, 2.05) is 0 Å². The smallest absolute Gasteiger partial charge is 0.381 e. The topological polar surface area (TPSA) is 93.8 Å². The van der Waals surface area contributed by atoms with Gasteiger partial charge in [0.05, 0.1) is 5.92 Å². The van der Waals surface area contributed by atoms with E-state index in [0.717, 1.165) is 12.1 Å². The number of hydrogen-bond acceptors (Lipinski definition) is 5. The molecule has 16 heavy (non-hydrogen) atoms. The first-order valence-electron chi connectivity index (χ1n) is 4.51. The molecule has 0 amide bonds. The Kier molecular flexibility index (Phi) is 3.44. The summed E-state index contributed by atoms with van der Waals surface area (Å²) in [7, 11) is 0. The predicted octanol–water partition coefficient (Wildman–Crippen LogP) is 1.32. The van der Waals surface area contributed by atoms with Gasteiger partial charge in [-0.1, -0.05) is 13.8 Å². The van der Waals surface area contributed by atoms with Gasteiger partial charge in [-0.3, -0.25) is 4.79 Å².